The third-order valence-electron chi connectivity index (χ3n) is 7.30. The van der Waals surface area contributed by atoms with E-state index >= 15 is 0 Å². The first-order valence-electron chi connectivity index (χ1n) is 13.5. The first kappa shape index (κ1) is 27.4. The highest BCUT2D eigenvalue weighted by Gasteiger charge is 2.33. The van der Waals surface area contributed by atoms with Gasteiger partial charge in [0.2, 0.25) is 0 Å². The van der Waals surface area contributed by atoms with Gasteiger partial charge in [-0.05, 0) is 61.4 Å². The number of allylic oxidation sites excluding steroid dienone is 1. The van der Waals surface area contributed by atoms with Crippen LogP contribution in [0, 0.1) is 5.82 Å². The summed E-state index contributed by atoms with van der Waals surface area (Å²) in [6.07, 6.45) is 3.88. The molecule has 0 unspecified atom stereocenters. The maximum Gasteiger partial charge on any atom is 0.338 e. The van der Waals surface area contributed by atoms with Crippen LogP contribution in [0.3, 0.4) is 0 Å². The van der Waals surface area contributed by atoms with Crippen LogP contribution < -0.4 is 19.6 Å². The van der Waals surface area contributed by atoms with Gasteiger partial charge in [-0.2, -0.15) is 0 Å². The van der Waals surface area contributed by atoms with Crippen LogP contribution in [0.5, 0.6) is 5.75 Å². The Labute approximate surface area is 245 Å². The molecule has 0 spiro atoms. The summed E-state index contributed by atoms with van der Waals surface area (Å²) in [6, 6.07) is 21.0. The molecule has 0 amide bonds. The molecule has 3 aromatic carbocycles. The van der Waals surface area contributed by atoms with Crippen molar-refractivity contribution in [2.24, 2.45) is 4.99 Å². The van der Waals surface area contributed by atoms with Crippen molar-refractivity contribution in [2.45, 2.75) is 26.4 Å². The van der Waals surface area contributed by atoms with E-state index in [1.807, 2.05) is 60.8 Å². The Morgan fingerprint density at radius 3 is 2.64 bits per heavy atom. The number of methoxy groups -OCH3 is 1. The van der Waals surface area contributed by atoms with Crippen molar-refractivity contribution in [1.82, 2.24) is 9.13 Å². The van der Waals surface area contributed by atoms with Gasteiger partial charge in [0, 0.05) is 29.2 Å². The van der Waals surface area contributed by atoms with E-state index in [9.17, 15) is 14.0 Å². The van der Waals surface area contributed by atoms with Crippen LogP contribution in [0.1, 0.15) is 36.6 Å². The molecule has 1 aliphatic rings. The van der Waals surface area contributed by atoms with Gasteiger partial charge in [0.1, 0.15) is 11.6 Å². The average Bonchev–Trinajstić information content (AvgIpc) is 3.49. The fourth-order valence-electron chi connectivity index (χ4n) is 5.37. The quantitative estimate of drug-likeness (QED) is 0.255. The molecule has 2 aromatic heterocycles. The van der Waals surface area contributed by atoms with Crippen molar-refractivity contribution in [1.29, 1.82) is 0 Å². The Morgan fingerprint density at radius 1 is 1.10 bits per heavy atom. The zero-order valence-corrected chi connectivity index (χ0v) is 24.2. The molecular formula is C33H28FN3O4S. The molecule has 0 bridgehead atoms. The molecule has 3 heterocycles. The average molecular weight is 582 g/mol. The first-order chi connectivity index (χ1) is 20.4. The highest BCUT2D eigenvalue weighted by atomic mass is 32.1. The number of carbonyl (C=O) groups is 1. The van der Waals surface area contributed by atoms with Crippen LogP contribution >= 0.6 is 11.3 Å². The smallest absolute Gasteiger partial charge is 0.338 e. The van der Waals surface area contributed by atoms with E-state index in [0.717, 1.165) is 27.6 Å². The summed E-state index contributed by atoms with van der Waals surface area (Å²) in [4.78, 5) is 32.4. The molecule has 7 nitrogen and oxygen atoms in total. The van der Waals surface area contributed by atoms with E-state index in [4.69, 9.17) is 9.47 Å². The second-order valence-corrected chi connectivity index (χ2v) is 10.9. The van der Waals surface area contributed by atoms with Crippen LogP contribution in [0.2, 0.25) is 0 Å². The van der Waals surface area contributed by atoms with E-state index in [-0.39, 0.29) is 18.0 Å². The highest BCUT2D eigenvalue weighted by molar-refractivity contribution is 7.07. The third kappa shape index (κ3) is 4.96. The molecule has 1 atom stereocenters. The predicted molar refractivity (Wildman–Crippen MR) is 161 cm³/mol. The Kier molecular flexibility index (Phi) is 7.34. The van der Waals surface area contributed by atoms with Crippen molar-refractivity contribution in [3.8, 4) is 5.75 Å². The second-order valence-electron chi connectivity index (χ2n) is 9.93. The van der Waals surface area contributed by atoms with E-state index in [2.05, 4.69) is 9.56 Å². The number of hydrogen-bond donors (Lipinski definition) is 0. The maximum absolute atomic E-state index is 14.1. The summed E-state index contributed by atoms with van der Waals surface area (Å²) in [5.41, 5.74) is 4.12. The normalized spacial score (nSPS) is 15.0. The van der Waals surface area contributed by atoms with Crippen LogP contribution in [-0.4, -0.2) is 28.8 Å². The van der Waals surface area contributed by atoms with Crippen LogP contribution in [-0.2, 0) is 16.1 Å². The number of hydrogen-bond acceptors (Lipinski definition) is 6. The van der Waals surface area contributed by atoms with E-state index in [1.54, 1.807) is 37.7 Å². The molecule has 212 valence electrons. The Balaban J connectivity index is 1.51. The number of ether oxygens (including phenoxy) is 2. The van der Waals surface area contributed by atoms with Crippen molar-refractivity contribution in [3.63, 3.8) is 0 Å². The summed E-state index contributed by atoms with van der Waals surface area (Å²) >= 11 is 1.28. The van der Waals surface area contributed by atoms with Gasteiger partial charge >= 0.3 is 5.97 Å². The van der Waals surface area contributed by atoms with Gasteiger partial charge < -0.3 is 14.0 Å². The molecule has 42 heavy (non-hydrogen) atoms. The topological polar surface area (TPSA) is 74.8 Å². The van der Waals surface area contributed by atoms with E-state index < -0.39 is 12.0 Å². The minimum atomic E-state index is -0.725. The number of benzene rings is 3. The summed E-state index contributed by atoms with van der Waals surface area (Å²) in [6.45, 7) is 4.26. The third-order valence-corrected chi connectivity index (χ3v) is 8.28. The number of aromatic nitrogens is 2. The first-order valence-corrected chi connectivity index (χ1v) is 14.4. The SMILES string of the molecule is CCOC(=O)C1=C(C)N=c2s/c(=C/c3cn(Cc4ccc(F)cc4)c4ccccc34)c(=O)n2[C@@H]1c1cccc(OC)c1. The van der Waals surface area contributed by atoms with Crippen LogP contribution in [0.15, 0.2) is 100 Å². The molecule has 0 radical (unpaired) electrons. The molecule has 0 fully saturated rings. The van der Waals surface area contributed by atoms with Gasteiger partial charge in [-0.15, -0.1) is 0 Å². The standard InChI is InChI=1S/C33H28FN3O4S/c1-4-41-32(39)29-20(2)35-33-37(30(29)22-8-7-9-25(16-22)40-3)31(38)28(42-33)17-23-19-36(27-11-6-5-10-26(23)27)18-21-12-14-24(34)15-13-21/h5-17,19,30H,4,18H2,1-3H3/b28-17+/t30-/m1/s1. The van der Waals surface area contributed by atoms with Crippen LogP contribution in [0.25, 0.3) is 17.0 Å². The lowest BCUT2D eigenvalue weighted by Crippen LogP contribution is -2.39. The summed E-state index contributed by atoms with van der Waals surface area (Å²) in [7, 11) is 1.57. The highest BCUT2D eigenvalue weighted by Crippen LogP contribution is 2.32. The van der Waals surface area contributed by atoms with E-state index in [1.165, 1.54) is 23.5 Å². The second kappa shape index (κ2) is 11.3. The minimum Gasteiger partial charge on any atom is -0.497 e. The van der Waals surface area contributed by atoms with Crippen molar-refractivity contribution < 1.29 is 18.7 Å². The number of nitrogens with zero attached hydrogens (tertiary/aromatic N) is 3. The number of thiazole rings is 1. The van der Waals surface area contributed by atoms with Gasteiger partial charge in [0.05, 0.1) is 35.6 Å². The molecule has 0 aliphatic carbocycles. The number of rotatable bonds is 7. The summed E-state index contributed by atoms with van der Waals surface area (Å²) < 4.78 is 28.5. The minimum absolute atomic E-state index is 0.201. The summed E-state index contributed by atoms with van der Waals surface area (Å²) in [5, 5.41) is 0.984. The van der Waals surface area contributed by atoms with E-state index in [0.29, 0.717) is 32.9 Å². The Hall–Kier alpha value is -4.76. The largest absolute Gasteiger partial charge is 0.497 e. The number of carbonyl (C=O) groups excluding carboxylic acids is 1. The molecular weight excluding hydrogens is 553 g/mol. The van der Waals surface area contributed by atoms with Crippen molar-refractivity contribution >= 4 is 34.3 Å². The number of fused-ring (bicyclic) bond motifs is 2. The van der Waals surface area contributed by atoms with Gasteiger partial charge in [0.25, 0.3) is 5.56 Å². The molecule has 5 aromatic rings. The lowest BCUT2D eigenvalue weighted by Gasteiger charge is -2.25. The molecule has 0 saturated carbocycles. The number of esters is 1. The molecule has 6 rings (SSSR count). The van der Waals surface area contributed by atoms with Gasteiger partial charge in [-0.1, -0.05) is 53.8 Å². The Bertz CT molecular complexity index is 2040. The zero-order chi connectivity index (χ0) is 29.4. The van der Waals surface area contributed by atoms with Gasteiger partial charge in [0.15, 0.2) is 4.80 Å². The van der Waals surface area contributed by atoms with Crippen molar-refractivity contribution in [2.75, 3.05) is 13.7 Å². The van der Waals surface area contributed by atoms with Gasteiger partial charge in [-0.3, -0.25) is 9.36 Å². The van der Waals surface area contributed by atoms with Crippen LogP contribution in [0.4, 0.5) is 4.39 Å². The monoisotopic (exact) mass is 581 g/mol. The predicted octanol–water partition coefficient (Wildman–Crippen LogP) is 4.95. The Morgan fingerprint density at radius 2 is 1.88 bits per heavy atom. The molecule has 1 aliphatic heterocycles. The zero-order valence-electron chi connectivity index (χ0n) is 23.3. The molecule has 9 heteroatoms. The molecule has 0 saturated heterocycles. The van der Waals surface area contributed by atoms with Gasteiger partial charge in [-0.25, -0.2) is 14.2 Å². The lowest BCUT2D eigenvalue weighted by atomic mass is 9.95. The number of halogens is 1. The number of para-hydroxylation sites is 1. The van der Waals surface area contributed by atoms with Crippen molar-refractivity contribution in [3.05, 3.63) is 132 Å². The summed E-state index contributed by atoms with van der Waals surface area (Å²) in [5.74, 6) is -0.174. The lowest BCUT2D eigenvalue weighted by molar-refractivity contribution is -0.139. The molecule has 0 N–H and O–H groups in total. The fraction of sp³-hybridized carbons (Fsp3) is 0.182. The maximum atomic E-state index is 14.1. The fourth-order valence-corrected chi connectivity index (χ4v) is 6.40.